The van der Waals surface area contributed by atoms with E-state index in [1.165, 1.54) is 31.2 Å². The first-order valence-corrected chi connectivity index (χ1v) is 7.57. The Morgan fingerprint density at radius 2 is 2.37 bits per heavy atom. The van der Waals surface area contributed by atoms with Crippen molar-refractivity contribution in [3.63, 3.8) is 0 Å². The van der Waals surface area contributed by atoms with Crippen LogP contribution < -0.4 is 5.32 Å². The van der Waals surface area contributed by atoms with Crippen LogP contribution in [0, 0.1) is 11.3 Å². The van der Waals surface area contributed by atoms with E-state index in [9.17, 15) is 0 Å². The van der Waals surface area contributed by atoms with Crippen LogP contribution in [0.4, 0.5) is 0 Å². The molecule has 1 saturated heterocycles. The Morgan fingerprint density at radius 3 is 3.00 bits per heavy atom. The highest BCUT2D eigenvalue weighted by Crippen LogP contribution is 2.63. The molecule has 4 nitrogen and oxygen atoms in total. The average molecular weight is 261 g/mol. The van der Waals surface area contributed by atoms with E-state index in [0.29, 0.717) is 23.6 Å². The van der Waals surface area contributed by atoms with Gasteiger partial charge in [0.15, 0.2) is 0 Å². The van der Waals surface area contributed by atoms with Crippen molar-refractivity contribution in [3.8, 4) is 0 Å². The Balaban J connectivity index is 1.50. The summed E-state index contributed by atoms with van der Waals surface area (Å²) in [6, 6.07) is 1.04. The molecule has 1 N–H and O–H groups in total. The number of aryl methyl sites for hydroxylation is 1. The number of nitrogens with one attached hydrogen (secondary N) is 1. The molecular formula is C15H23N3O. The van der Waals surface area contributed by atoms with Crippen LogP contribution >= 0.6 is 0 Å². The van der Waals surface area contributed by atoms with E-state index in [4.69, 9.17) is 4.74 Å². The summed E-state index contributed by atoms with van der Waals surface area (Å²) < 4.78 is 7.86. The van der Waals surface area contributed by atoms with Crippen LogP contribution in [0.25, 0.3) is 0 Å². The van der Waals surface area contributed by atoms with E-state index in [2.05, 4.69) is 23.5 Å². The maximum Gasteiger partial charge on any atom is 0.0690 e. The van der Waals surface area contributed by atoms with Gasteiger partial charge in [0.2, 0.25) is 0 Å². The molecule has 19 heavy (non-hydrogen) atoms. The molecular weight excluding hydrogens is 238 g/mol. The van der Waals surface area contributed by atoms with Crippen LogP contribution in [-0.4, -0.2) is 28.5 Å². The van der Waals surface area contributed by atoms with Crippen LogP contribution in [0.2, 0.25) is 0 Å². The highest BCUT2D eigenvalue weighted by molar-refractivity contribution is 5.20. The summed E-state index contributed by atoms with van der Waals surface area (Å²) in [5.41, 5.74) is 1.76. The van der Waals surface area contributed by atoms with Gasteiger partial charge in [-0.2, -0.15) is 5.10 Å². The molecule has 2 saturated carbocycles. The van der Waals surface area contributed by atoms with E-state index in [1.807, 2.05) is 17.9 Å². The zero-order valence-corrected chi connectivity index (χ0v) is 11.8. The summed E-state index contributed by atoms with van der Waals surface area (Å²) >= 11 is 0. The van der Waals surface area contributed by atoms with Crippen LogP contribution in [0.3, 0.4) is 0 Å². The molecule has 4 rings (SSSR count). The van der Waals surface area contributed by atoms with Gasteiger partial charge in [-0.15, -0.1) is 0 Å². The van der Waals surface area contributed by atoms with Gasteiger partial charge in [-0.3, -0.25) is 4.68 Å². The van der Waals surface area contributed by atoms with E-state index in [0.717, 1.165) is 12.5 Å². The smallest absolute Gasteiger partial charge is 0.0690 e. The molecule has 0 amide bonds. The summed E-state index contributed by atoms with van der Waals surface area (Å²) in [5, 5.41) is 8.15. The van der Waals surface area contributed by atoms with Crippen molar-refractivity contribution in [3.05, 3.63) is 18.0 Å². The van der Waals surface area contributed by atoms with Crippen LogP contribution in [-0.2, 0) is 11.8 Å². The Morgan fingerprint density at radius 1 is 1.53 bits per heavy atom. The average Bonchev–Trinajstić information content (AvgIpc) is 2.91. The van der Waals surface area contributed by atoms with Crippen molar-refractivity contribution < 1.29 is 4.74 Å². The van der Waals surface area contributed by atoms with Gasteiger partial charge in [0, 0.05) is 48.8 Å². The molecule has 1 spiro atoms. The Bertz CT molecular complexity index is 479. The van der Waals surface area contributed by atoms with Crippen molar-refractivity contribution in [2.75, 3.05) is 6.61 Å². The minimum absolute atomic E-state index is 0.387. The largest absolute Gasteiger partial charge is 0.377 e. The number of hydrogen-bond acceptors (Lipinski definition) is 3. The first-order chi connectivity index (χ1) is 9.21. The fourth-order valence-corrected chi connectivity index (χ4v) is 4.52. The predicted octanol–water partition coefficient (Wildman–Crippen LogP) is 2.03. The summed E-state index contributed by atoms with van der Waals surface area (Å²) in [6.07, 6.45) is 9.98. The van der Waals surface area contributed by atoms with Gasteiger partial charge in [0.05, 0.1) is 12.3 Å². The monoisotopic (exact) mass is 261 g/mol. The highest BCUT2D eigenvalue weighted by Gasteiger charge is 2.66. The number of hydrogen-bond donors (Lipinski definition) is 1. The van der Waals surface area contributed by atoms with E-state index in [1.54, 1.807) is 0 Å². The van der Waals surface area contributed by atoms with E-state index >= 15 is 0 Å². The predicted molar refractivity (Wildman–Crippen MR) is 72.7 cm³/mol. The van der Waals surface area contributed by atoms with Gasteiger partial charge in [-0.05, 0) is 26.2 Å². The molecule has 3 aliphatic rings. The van der Waals surface area contributed by atoms with Crippen molar-refractivity contribution in [1.29, 1.82) is 0 Å². The minimum Gasteiger partial charge on any atom is -0.377 e. The topological polar surface area (TPSA) is 39.1 Å². The van der Waals surface area contributed by atoms with Crippen LogP contribution in [0.1, 0.15) is 44.2 Å². The summed E-state index contributed by atoms with van der Waals surface area (Å²) in [7, 11) is 1.98. The Hall–Kier alpha value is -0.870. The second kappa shape index (κ2) is 4.06. The molecule has 0 aromatic carbocycles. The normalized spacial score (nSPS) is 36.6. The third-order valence-corrected chi connectivity index (χ3v) is 5.69. The van der Waals surface area contributed by atoms with Gasteiger partial charge >= 0.3 is 0 Å². The first-order valence-electron chi connectivity index (χ1n) is 7.57. The Labute approximate surface area is 114 Å². The number of aromatic nitrogens is 2. The number of fused-ring (bicyclic) bond motifs is 2. The maximum atomic E-state index is 5.97. The lowest BCUT2D eigenvalue weighted by molar-refractivity contribution is -0.178. The molecule has 104 valence electrons. The minimum atomic E-state index is 0.387. The van der Waals surface area contributed by atoms with Gasteiger partial charge in [-0.1, -0.05) is 6.42 Å². The van der Waals surface area contributed by atoms with Crippen molar-refractivity contribution in [1.82, 2.24) is 15.1 Å². The number of ether oxygens (including phenoxy) is 1. The summed E-state index contributed by atoms with van der Waals surface area (Å²) in [5.74, 6) is 0.749. The standard InChI is InChI=1S/C15H23N3O/c1-10(11-8-16-18(2)9-11)17-13-12-4-7-19-14(12)15(13)5-3-6-15/h8-10,12-14,17H,3-7H2,1-2H3/t10-,12+,13+,14-/m0/s1. The third kappa shape index (κ3) is 1.56. The zero-order valence-electron chi connectivity index (χ0n) is 11.8. The molecule has 4 atom stereocenters. The van der Waals surface area contributed by atoms with Crippen LogP contribution in [0.15, 0.2) is 12.4 Å². The molecule has 2 heterocycles. The zero-order chi connectivity index (χ0) is 13.0. The lowest BCUT2D eigenvalue weighted by Crippen LogP contribution is -2.71. The second-order valence-electron chi connectivity index (χ2n) is 6.64. The van der Waals surface area contributed by atoms with Gasteiger partial charge in [0.1, 0.15) is 0 Å². The van der Waals surface area contributed by atoms with Gasteiger partial charge in [-0.25, -0.2) is 0 Å². The molecule has 3 fully saturated rings. The lowest BCUT2D eigenvalue weighted by atomic mass is 9.46. The Kier molecular flexibility index (Phi) is 2.55. The van der Waals surface area contributed by atoms with Crippen molar-refractivity contribution >= 4 is 0 Å². The van der Waals surface area contributed by atoms with Crippen molar-refractivity contribution in [2.45, 2.75) is 50.8 Å². The van der Waals surface area contributed by atoms with Gasteiger partial charge < -0.3 is 10.1 Å². The summed E-state index contributed by atoms with van der Waals surface area (Å²) in [6.45, 7) is 3.23. The second-order valence-corrected chi connectivity index (χ2v) is 6.64. The lowest BCUT2D eigenvalue weighted by Gasteiger charge is -2.64. The maximum absolute atomic E-state index is 5.97. The third-order valence-electron chi connectivity index (χ3n) is 5.69. The quantitative estimate of drug-likeness (QED) is 0.905. The van der Waals surface area contributed by atoms with E-state index < -0.39 is 0 Å². The molecule has 1 aliphatic heterocycles. The molecule has 0 unspecified atom stereocenters. The number of rotatable bonds is 3. The highest BCUT2D eigenvalue weighted by atomic mass is 16.5. The molecule has 4 heteroatoms. The van der Waals surface area contributed by atoms with Crippen molar-refractivity contribution in [2.24, 2.45) is 18.4 Å². The summed E-state index contributed by atoms with van der Waals surface area (Å²) in [4.78, 5) is 0. The SMILES string of the molecule is C[C@H](N[C@@H]1[C@H]2CCO[C@@H]2C12CCC2)c1cnn(C)c1. The van der Waals surface area contributed by atoms with Crippen LogP contribution in [0.5, 0.6) is 0 Å². The van der Waals surface area contributed by atoms with E-state index in [-0.39, 0.29) is 0 Å². The number of nitrogens with zero attached hydrogens (tertiary/aromatic N) is 2. The molecule has 0 bridgehead atoms. The first kappa shape index (κ1) is 11.9. The fourth-order valence-electron chi connectivity index (χ4n) is 4.52. The molecule has 1 aromatic heterocycles. The molecule has 1 aromatic rings. The van der Waals surface area contributed by atoms with Gasteiger partial charge in [0.25, 0.3) is 0 Å². The fraction of sp³-hybridized carbons (Fsp3) is 0.800. The molecule has 2 aliphatic carbocycles. The molecule has 0 radical (unpaired) electrons.